The SMILES string of the molecule is CN(C)S(=O)(=O)N1CCN(C(=O)c2cc3cccc(Br)c3o2)CC1. The molecule has 0 unspecified atom stereocenters. The zero-order chi connectivity index (χ0) is 17.5. The summed E-state index contributed by atoms with van der Waals surface area (Å²) in [5.74, 6) is 0.0424. The fourth-order valence-corrected chi connectivity index (χ4v) is 4.19. The number of rotatable bonds is 3. The van der Waals surface area contributed by atoms with Gasteiger partial charge in [-0.1, -0.05) is 12.1 Å². The summed E-state index contributed by atoms with van der Waals surface area (Å²) in [5.41, 5.74) is 0.634. The number of amides is 1. The highest BCUT2D eigenvalue weighted by atomic mass is 79.9. The standard InChI is InChI=1S/C15H18BrN3O4S/c1-17(2)24(21,22)19-8-6-18(7-9-19)15(20)13-10-11-4-3-5-12(16)14(11)23-13/h3-5,10H,6-9H2,1-2H3. The third-order valence-corrected chi connectivity index (χ3v) is 6.59. The predicted octanol–water partition coefficient (Wildman–Crippen LogP) is 1.76. The van der Waals surface area contributed by atoms with Crippen LogP contribution >= 0.6 is 15.9 Å². The number of hydrogen-bond acceptors (Lipinski definition) is 4. The van der Waals surface area contributed by atoms with Crippen molar-refractivity contribution in [2.24, 2.45) is 0 Å². The van der Waals surface area contributed by atoms with Gasteiger partial charge in [-0.2, -0.15) is 17.0 Å². The van der Waals surface area contributed by atoms with Crippen molar-refractivity contribution in [3.05, 3.63) is 34.5 Å². The fourth-order valence-electron chi connectivity index (χ4n) is 2.64. The molecule has 1 saturated heterocycles. The van der Waals surface area contributed by atoms with Gasteiger partial charge in [-0.25, -0.2) is 0 Å². The zero-order valence-corrected chi connectivity index (χ0v) is 15.8. The Morgan fingerprint density at radius 3 is 2.46 bits per heavy atom. The largest absolute Gasteiger partial charge is 0.450 e. The van der Waals surface area contributed by atoms with E-state index in [0.717, 1.165) is 9.86 Å². The molecule has 2 heterocycles. The second kappa shape index (κ2) is 6.47. The Morgan fingerprint density at radius 2 is 1.88 bits per heavy atom. The van der Waals surface area contributed by atoms with Gasteiger partial charge in [0, 0.05) is 45.7 Å². The summed E-state index contributed by atoms with van der Waals surface area (Å²) in [4.78, 5) is 14.2. The van der Waals surface area contributed by atoms with Gasteiger partial charge in [-0.05, 0) is 28.1 Å². The molecule has 1 aromatic heterocycles. The third-order valence-electron chi connectivity index (χ3n) is 4.02. The average Bonchev–Trinajstić information content (AvgIpc) is 3.00. The molecule has 0 N–H and O–H groups in total. The molecule has 0 bridgehead atoms. The van der Waals surface area contributed by atoms with Crippen molar-refractivity contribution >= 4 is 43.0 Å². The number of piperazine rings is 1. The normalized spacial score (nSPS) is 16.9. The van der Waals surface area contributed by atoms with Crippen LogP contribution in [0.15, 0.2) is 33.2 Å². The first-order chi connectivity index (χ1) is 11.3. The number of halogens is 1. The Hall–Kier alpha value is -1.42. The number of fused-ring (bicyclic) bond motifs is 1. The molecule has 130 valence electrons. The summed E-state index contributed by atoms with van der Waals surface area (Å²) in [5, 5.41) is 0.849. The van der Waals surface area contributed by atoms with Crippen molar-refractivity contribution in [1.29, 1.82) is 0 Å². The monoisotopic (exact) mass is 415 g/mol. The lowest BCUT2D eigenvalue weighted by molar-refractivity contribution is 0.0665. The lowest BCUT2D eigenvalue weighted by Gasteiger charge is -2.34. The Bertz CT molecular complexity index is 870. The first kappa shape index (κ1) is 17.4. The van der Waals surface area contributed by atoms with E-state index in [4.69, 9.17) is 4.42 Å². The number of furan rings is 1. The van der Waals surface area contributed by atoms with Gasteiger partial charge in [-0.3, -0.25) is 4.79 Å². The number of benzene rings is 1. The van der Waals surface area contributed by atoms with Crippen molar-refractivity contribution in [1.82, 2.24) is 13.5 Å². The highest BCUT2D eigenvalue weighted by Gasteiger charge is 2.31. The van der Waals surface area contributed by atoms with Crippen LogP contribution in [-0.4, -0.2) is 68.1 Å². The summed E-state index contributed by atoms with van der Waals surface area (Å²) in [7, 11) is -0.443. The maximum Gasteiger partial charge on any atom is 0.289 e. The molecule has 0 aliphatic carbocycles. The Morgan fingerprint density at radius 1 is 1.21 bits per heavy atom. The van der Waals surface area contributed by atoms with Crippen LogP contribution in [0.4, 0.5) is 0 Å². The smallest absolute Gasteiger partial charge is 0.289 e. The van der Waals surface area contributed by atoms with Crippen LogP contribution in [0.1, 0.15) is 10.6 Å². The van der Waals surface area contributed by atoms with E-state index in [1.165, 1.54) is 22.7 Å². The molecule has 9 heteroatoms. The summed E-state index contributed by atoms with van der Waals surface area (Å²) in [6.45, 7) is 1.22. The Balaban J connectivity index is 1.74. The minimum absolute atomic E-state index is 0.222. The summed E-state index contributed by atoms with van der Waals surface area (Å²) in [6.07, 6.45) is 0. The van der Waals surface area contributed by atoms with E-state index in [-0.39, 0.29) is 24.8 Å². The molecular formula is C15H18BrN3O4S. The molecule has 0 atom stereocenters. The van der Waals surface area contributed by atoms with Gasteiger partial charge in [0.1, 0.15) is 5.58 Å². The maximum atomic E-state index is 12.6. The van der Waals surface area contributed by atoms with Crippen molar-refractivity contribution in [3.8, 4) is 0 Å². The number of hydrogen-bond donors (Lipinski definition) is 0. The second-order valence-corrected chi connectivity index (χ2v) is 8.75. The molecule has 0 spiro atoms. The minimum Gasteiger partial charge on any atom is -0.450 e. The molecule has 7 nitrogen and oxygen atoms in total. The minimum atomic E-state index is -3.44. The lowest BCUT2D eigenvalue weighted by atomic mass is 10.2. The van der Waals surface area contributed by atoms with Gasteiger partial charge in [0.2, 0.25) is 0 Å². The molecule has 1 aliphatic heterocycles. The highest BCUT2D eigenvalue weighted by Crippen LogP contribution is 2.27. The number of nitrogens with zero attached hydrogens (tertiary/aromatic N) is 3. The van der Waals surface area contributed by atoms with E-state index in [1.54, 1.807) is 11.0 Å². The molecule has 0 radical (unpaired) electrons. The molecule has 1 aliphatic rings. The van der Waals surface area contributed by atoms with Gasteiger partial charge in [0.05, 0.1) is 4.47 Å². The van der Waals surface area contributed by atoms with Gasteiger partial charge < -0.3 is 9.32 Å². The van der Waals surface area contributed by atoms with Crippen LogP contribution in [0, 0.1) is 0 Å². The van der Waals surface area contributed by atoms with Gasteiger partial charge in [-0.15, -0.1) is 0 Å². The van der Waals surface area contributed by atoms with E-state index in [0.29, 0.717) is 18.7 Å². The van der Waals surface area contributed by atoms with Crippen molar-refractivity contribution in [2.75, 3.05) is 40.3 Å². The predicted molar refractivity (Wildman–Crippen MR) is 94.0 cm³/mol. The van der Waals surface area contributed by atoms with Crippen LogP contribution < -0.4 is 0 Å². The maximum absolute atomic E-state index is 12.6. The van der Waals surface area contributed by atoms with E-state index in [9.17, 15) is 13.2 Å². The van der Waals surface area contributed by atoms with Crippen molar-refractivity contribution in [3.63, 3.8) is 0 Å². The van der Waals surface area contributed by atoms with Crippen LogP contribution in [0.25, 0.3) is 11.0 Å². The Kier molecular flexibility index (Phi) is 4.69. The zero-order valence-electron chi connectivity index (χ0n) is 13.4. The first-order valence-corrected chi connectivity index (χ1v) is 9.64. The van der Waals surface area contributed by atoms with Gasteiger partial charge in [0.15, 0.2) is 5.76 Å². The Labute approximate surface area is 149 Å². The number of carbonyl (C=O) groups excluding carboxylic acids is 1. The fraction of sp³-hybridized carbons (Fsp3) is 0.400. The van der Waals surface area contributed by atoms with Gasteiger partial charge in [0.25, 0.3) is 16.1 Å². The topological polar surface area (TPSA) is 74.1 Å². The molecule has 1 amide bonds. The third kappa shape index (κ3) is 3.08. The van der Waals surface area contributed by atoms with Crippen LogP contribution in [-0.2, 0) is 10.2 Å². The summed E-state index contributed by atoms with van der Waals surface area (Å²) >= 11 is 3.40. The molecular weight excluding hydrogens is 398 g/mol. The number of carbonyl (C=O) groups is 1. The average molecular weight is 416 g/mol. The molecule has 2 aromatic rings. The molecule has 1 fully saturated rings. The molecule has 24 heavy (non-hydrogen) atoms. The van der Waals surface area contributed by atoms with Gasteiger partial charge >= 0.3 is 0 Å². The van der Waals surface area contributed by atoms with E-state index >= 15 is 0 Å². The van der Waals surface area contributed by atoms with E-state index in [1.807, 2.05) is 18.2 Å². The quantitative estimate of drug-likeness (QED) is 0.765. The molecule has 1 aromatic carbocycles. The highest BCUT2D eigenvalue weighted by molar-refractivity contribution is 9.10. The molecule has 0 saturated carbocycles. The summed E-state index contributed by atoms with van der Waals surface area (Å²) < 4.78 is 33.2. The van der Waals surface area contributed by atoms with Crippen LogP contribution in [0.5, 0.6) is 0 Å². The number of para-hydroxylation sites is 1. The first-order valence-electron chi connectivity index (χ1n) is 7.45. The van der Waals surface area contributed by atoms with Crippen LogP contribution in [0.3, 0.4) is 0 Å². The van der Waals surface area contributed by atoms with E-state index < -0.39 is 10.2 Å². The van der Waals surface area contributed by atoms with Crippen LogP contribution in [0.2, 0.25) is 0 Å². The molecule has 3 rings (SSSR count). The van der Waals surface area contributed by atoms with E-state index in [2.05, 4.69) is 15.9 Å². The summed E-state index contributed by atoms with van der Waals surface area (Å²) in [6, 6.07) is 7.32. The lowest BCUT2D eigenvalue weighted by Crippen LogP contribution is -2.53. The second-order valence-electron chi connectivity index (χ2n) is 5.75. The van der Waals surface area contributed by atoms with Crippen molar-refractivity contribution in [2.45, 2.75) is 0 Å². The van der Waals surface area contributed by atoms with Crippen molar-refractivity contribution < 1.29 is 17.6 Å².